The van der Waals surface area contributed by atoms with Crippen LogP contribution in [0.15, 0.2) is 84.9 Å². The summed E-state index contributed by atoms with van der Waals surface area (Å²) in [5.41, 5.74) is 2.04. The lowest BCUT2D eigenvalue weighted by molar-refractivity contribution is -0.117. The van der Waals surface area contributed by atoms with Crippen LogP contribution in [0.4, 0.5) is 10.1 Å². The summed E-state index contributed by atoms with van der Waals surface area (Å²) in [7, 11) is 0. The SMILES string of the molecule is O=C(NCC(=O)N(Cc1ccccc1)c1ccccc1)c1ccc(F)cc1. The Morgan fingerprint density at radius 2 is 1.41 bits per heavy atom. The number of nitrogens with one attached hydrogen (secondary N) is 1. The van der Waals surface area contributed by atoms with Gasteiger partial charge in [-0.3, -0.25) is 9.59 Å². The standard InChI is InChI=1S/C22H19FN2O2/c23-19-13-11-18(12-14-19)22(27)24-15-21(26)25(20-9-5-2-6-10-20)16-17-7-3-1-4-8-17/h1-14H,15-16H2,(H,24,27). The number of carbonyl (C=O) groups is 2. The number of halogens is 1. The fourth-order valence-electron chi connectivity index (χ4n) is 2.65. The maximum Gasteiger partial charge on any atom is 0.251 e. The smallest absolute Gasteiger partial charge is 0.251 e. The average molecular weight is 362 g/mol. The van der Waals surface area contributed by atoms with E-state index >= 15 is 0 Å². The van der Waals surface area contributed by atoms with Crippen LogP contribution in [0.2, 0.25) is 0 Å². The van der Waals surface area contributed by atoms with Crippen LogP contribution in [-0.2, 0) is 11.3 Å². The van der Waals surface area contributed by atoms with Gasteiger partial charge in [-0.05, 0) is 42.0 Å². The van der Waals surface area contributed by atoms with Crippen molar-refractivity contribution in [3.63, 3.8) is 0 Å². The highest BCUT2D eigenvalue weighted by atomic mass is 19.1. The maximum atomic E-state index is 13.0. The Kier molecular flexibility index (Phi) is 5.94. The summed E-state index contributed by atoms with van der Waals surface area (Å²) in [6, 6.07) is 24.1. The number of para-hydroxylation sites is 1. The molecule has 0 aliphatic rings. The molecule has 0 radical (unpaired) electrons. The van der Waals surface area contributed by atoms with Crippen LogP contribution in [0.3, 0.4) is 0 Å². The number of carbonyl (C=O) groups excluding carboxylic acids is 2. The first-order chi connectivity index (χ1) is 13.1. The van der Waals surface area contributed by atoms with E-state index in [-0.39, 0.29) is 12.5 Å². The maximum absolute atomic E-state index is 13.0. The summed E-state index contributed by atoms with van der Waals surface area (Å²) in [4.78, 5) is 26.6. The molecule has 0 spiro atoms. The second-order valence-corrected chi connectivity index (χ2v) is 5.99. The lowest BCUT2D eigenvalue weighted by Gasteiger charge is -2.23. The van der Waals surface area contributed by atoms with E-state index in [0.717, 1.165) is 11.3 Å². The van der Waals surface area contributed by atoms with Gasteiger partial charge in [0.15, 0.2) is 0 Å². The minimum Gasteiger partial charge on any atom is -0.343 e. The highest BCUT2D eigenvalue weighted by Gasteiger charge is 2.17. The number of rotatable bonds is 6. The van der Waals surface area contributed by atoms with Gasteiger partial charge in [-0.25, -0.2) is 4.39 Å². The fourth-order valence-corrected chi connectivity index (χ4v) is 2.65. The molecule has 0 fully saturated rings. The van der Waals surface area contributed by atoms with E-state index in [2.05, 4.69) is 5.32 Å². The van der Waals surface area contributed by atoms with Crippen molar-refractivity contribution in [2.75, 3.05) is 11.4 Å². The number of hydrogen-bond donors (Lipinski definition) is 1. The Morgan fingerprint density at radius 1 is 0.815 bits per heavy atom. The zero-order valence-corrected chi connectivity index (χ0v) is 14.6. The summed E-state index contributed by atoms with van der Waals surface area (Å²) >= 11 is 0. The summed E-state index contributed by atoms with van der Waals surface area (Å²) in [6.45, 7) is 0.244. The molecule has 3 aromatic carbocycles. The Hall–Kier alpha value is -3.47. The number of nitrogens with zero attached hydrogens (tertiary/aromatic N) is 1. The summed E-state index contributed by atoms with van der Waals surface area (Å²) in [5, 5.41) is 2.60. The largest absolute Gasteiger partial charge is 0.343 e. The molecule has 3 rings (SSSR count). The van der Waals surface area contributed by atoms with Gasteiger partial charge in [0.2, 0.25) is 5.91 Å². The van der Waals surface area contributed by atoms with Gasteiger partial charge in [-0.2, -0.15) is 0 Å². The van der Waals surface area contributed by atoms with E-state index in [1.807, 2.05) is 60.7 Å². The van der Waals surface area contributed by atoms with Crippen molar-refractivity contribution >= 4 is 17.5 Å². The molecule has 5 heteroatoms. The van der Waals surface area contributed by atoms with Crippen molar-refractivity contribution < 1.29 is 14.0 Å². The monoisotopic (exact) mass is 362 g/mol. The molecule has 0 aliphatic heterocycles. The van der Waals surface area contributed by atoms with Crippen molar-refractivity contribution in [3.8, 4) is 0 Å². The third kappa shape index (κ3) is 5.01. The van der Waals surface area contributed by atoms with Crippen molar-refractivity contribution in [2.24, 2.45) is 0 Å². The topological polar surface area (TPSA) is 49.4 Å². The van der Waals surface area contributed by atoms with Gasteiger partial charge in [-0.15, -0.1) is 0 Å². The minimum absolute atomic E-state index is 0.155. The van der Waals surface area contributed by atoms with Crippen LogP contribution in [0.25, 0.3) is 0 Å². The van der Waals surface area contributed by atoms with E-state index in [4.69, 9.17) is 0 Å². The molecular formula is C22H19FN2O2. The Balaban J connectivity index is 1.71. The highest BCUT2D eigenvalue weighted by molar-refractivity contribution is 6.00. The molecule has 3 aromatic rings. The molecule has 0 saturated heterocycles. The zero-order chi connectivity index (χ0) is 19.1. The Labute approximate surface area is 157 Å². The van der Waals surface area contributed by atoms with Gasteiger partial charge in [0.05, 0.1) is 13.1 Å². The molecular weight excluding hydrogens is 343 g/mol. The van der Waals surface area contributed by atoms with Crippen molar-refractivity contribution in [1.29, 1.82) is 0 Å². The third-order valence-corrected chi connectivity index (χ3v) is 4.06. The zero-order valence-electron chi connectivity index (χ0n) is 14.6. The number of amides is 2. The number of benzene rings is 3. The van der Waals surface area contributed by atoms with Crippen molar-refractivity contribution in [3.05, 3.63) is 102 Å². The molecule has 27 heavy (non-hydrogen) atoms. The molecule has 0 bridgehead atoms. The Morgan fingerprint density at radius 3 is 2.04 bits per heavy atom. The van der Waals surface area contributed by atoms with Gasteiger partial charge >= 0.3 is 0 Å². The van der Waals surface area contributed by atoms with Crippen LogP contribution in [0, 0.1) is 5.82 Å². The lowest BCUT2D eigenvalue weighted by atomic mass is 10.2. The molecule has 2 amide bonds. The second kappa shape index (κ2) is 8.76. The molecule has 0 heterocycles. The van der Waals surface area contributed by atoms with Crippen LogP contribution in [0.5, 0.6) is 0 Å². The van der Waals surface area contributed by atoms with Gasteiger partial charge in [0, 0.05) is 11.3 Å². The summed E-state index contributed by atoms with van der Waals surface area (Å²) < 4.78 is 13.0. The van der Waals surface area contributed by atoms with E-state index < -0.39 is 11.7 Å². The number of hydrogen-bond acceptors (Lipinski definition) is 2. The van der Waals surface area contributed by atoms with Crippen molar-refractivity contribution in [1.82, 2.24) is 5.32 Å². The molecule has 0 atom stereocenters. The van der Waals surface area contributed by atoms with Gasteiger partial charge < -0.3 is 10.2 Å². The normalized spacial score (nSPS) is 10.3. The first-order valence-corrected chi connectivity index (χ1v) is 8.56. The molecule has 0 aliphatic carbocycles. The number of anilines is 1. The van der Waals surface area contributed by atoms with Crippen LogP contribution < -0.4 is 10.2 Å². The quantitative estimate of drug-likeness (QED) is 0.725. The highest BCUT2D eigenvalue weighted by Crippen LogP contribution is 2.17. The molecule has 0 saturated carbocycles. The Bertz CT molecular complexity index is 897. The first kappa shape index (κ1) is 18.3. The second-order valence-electron chi connectivity index (χ2n) is 5.99. The van der Waals surface area contributed by atoms with E-state index in [1.54, 1.807) is 4.90 Å². The van der Waals surface area contributed by atoms with Gasteiger partial charge in [-0.1, -0.05) is 48.5 Å². The summed E-state index contributed by atoms with van der Waals surface area (Å²) in [5.74, 6) is -1.07. The predicted molar refractivity (Wildman–Crippen MR) is 103 cm³/mol. The lowest BCUT2D eigenvalue weighted by Crippen LogP contribution is -2.40. The average Bonchev–Trinajstić information content (AvgIpc) is 2.72. The van der Waals surface area contributed by atoms with Crippen LogP contribution >= 0.6 is 0 Å². The molecule has 4 nitrogen and oxygen atoms in total. The molecule has 0 unspecified atom stereocenters. The predicted octanol–water partition coefficient (Wildman–Crippen LogP) is 3.79. The van der Waals surface area contributed by atoms with Gasteiger partial charge in [0.1, 0.15) is 5.82 Å². The van der Waals surface area contributed by atoms with Crippen LogP contribution in [-0.4, -0.2) is 18.4 Å². The minimum atomic E-state index is -0.420. The van der Waals surface area contributed by atoms with Gasteiger partial charge in [0.25, 0.3) is 5.91 Å². The summed E-state index contributed by atoms with van der Waals surface area (Å²) in [6.07, 6.45) is 0. The third-order valence-electron chi connectivity index (χ3n) is 4.06. The first-order valence-electron chi connectivity index (χ1n) is 8.56. The van der Waals surface area contributed by atoms with E-state index in [1.165, 1.54) is 24.3 Å². The van der Waals surface area contributed by atoms with Crippen LogP contribution in [0.1, 0.15) is 15.9 Å². The molecule has 136 valence electrons. The van der Waals surface area contributed by atoms with E-state index in [9.17, 15) is 14.0 Å². The van der Waals surface area contributed by atoms with E-state index in [0.29, 0.717) is 12.1 Å². The fraction of sp³-hybridized carbons (Fsp3) is 0.0909. The van der Waals surface area contributed by atoms with Crippen molar-refractivity contribution in [2.45, 2.75) is 6.54 Å². The molecule has 0 aromatic heterocycles. The molecule has 1 N–H and O–H groups in total.